The quantitative estimate of drug-likeness (QED) is 0.739. The Labute approximate surface area is 174 Å². The third-order valence-electron chi connectivity index (χ3n) is 7.85. The van der Waals surface area contributed by atoms with Gasteiger partial charge in [-0.1, -0.05) is 50.3 Å². The van der Waals surface area contributed by atoms with Crippen LogP contribution in [0.4, 0.5) is 0 Å². The lowest BCUT2D eigenvalue weighted by atomic mass is 9.69. The second-order valence-corrected chi connectivity index (χ2v) is 9.61. The normalized spacial score (nSPS) is 31.7. The van der Waals surface area contributed by atoms with Gasteiger partial charge < -0.3 is 14.6 Å². The van der Waals surface area contributed by atoms with Gasteiger partial charge in [0.05, 0.1) is 18.6 Å². The maximum Gasteiger partial charge on any atom is 0.166 e. The molecule has 2 aliphatic carbocycles. The zero-order valence-electron chi connectivity index (χ0n) is 17.7. The van der Waals surface area contributed by atoms with Gasteiger partial charge in [0.1, 0.15) is 6.10 Å². The molecule has 1 spiro atoms. The molecule has 0 aromatic heterocycles. The van der Waals surface area contributed by atoms with Crippen molar-refractivity contribution in [2.75, 3.05) is 20.2 Å². The number of nitrogens with zero attached hydrogens (tertiary/aromatic N) is 1. The van der Waals surface area contributed by atoms with Crippen LogP contribution >= 0.6 is 0 Å². The van der Waals surface area contributed by atoms with Crippen LogP contribution < -0.4 is 9.47 Å². The van der Waals surface area contributed by atoms with Crippen LogP contribution in [-0.2, 0) is 12.0 Å². The Balaban J connectivity index is 1.37. The molecule has 0 radical (unpaired) electrons. The smallest absolute Gasteiger partial charge is 0.166 e. The molecule has 1 saturated carbocycles. The fourth-order valence-corrected chi connectivity index (χ4v) is 6.26. The summed E-state index contributed by atoms with van der Waals surface area (Å²) in [5, 5.41) is 10.2. The van der Waals surface area contributed by atoms with E-state index in [9.17, 15) is 5.11 Å². The molecular weight excluding hydrogens is 362 g/mol. The maximum atomic E-state index is 10.2. The Bertz CT molecular complexity index is 770. The third-order valence-corrected chi connectivity index (χ3v) is 7.85. The molecule has 2 aliphatic heterocycles. The summed E-state index contributed by atoms with van der Waals surface area (Å²) < 4.78 is 12.0. The Hall–Kier alpha value is -1.52. The molecule has 1 fully saturated rings. The summed E-state index contributed by atoms with van der Waals surface area (Å²) in [5.41, 5.74) is 2.58. The Morgan fingerprint density at radius 2 is 2.10 bits per heavy atom. The van der Waals surface area contributed by atoms with Gasteiger partial charge in [0.15, 0.2) is 11.5 Å². The molecule has 29 heavy (non-hydrogen) atoms. The highest BCUT2D eigenvalue weighted by Crippen LogP contribution is 2.55. The lowest BCUT2D eigenvalue weighted by Gasteiger charge is -2.36. The van der Waals surface area contributed by atoms with Gasteiger partial charge in [0.25, 0.3) is 0 Å². The van der Waals surface area contributed by atoms with Crippen molar-refractivity contribution in [2.45, 2.75) is 82.0 Å². The molecule has 0 bridgehead atoms. The molecule has 3 atom stereocenters. The van der Waals surface area contributed by atoms with Gasteiger partial charge in [-0.25, -0.2) is 0 Å². The van der Waals surface area contributed by atoms with E-state index in [1.165, 1.54) is 62.6 Å². The number of aliphatic hydroxyl groups is 1. The van der Waals surface area contributed by atoms with E-state index in [1.807, 2.05) is 6.08 Å². The predicted molar refractivity (Wildman–Crippen MR) is 115 cm³/mol. The van der Waals surface area contributed by atoms with Crippen LogP contribution in [0.5, 0.6) is 11.5 Å². The molecule has 1 aromatic rings. The molecule has 0 saturated heterocycles. The summed E-state index contributed by atoms with van der Waals surface area (Å²) >= 11 is 0. The van der Waals surface area contributed by atoms with Crippen LogP contribution in [0.1, 0.15) is 68.9 Å². The first kappa shape index (κ1) is 19.4. The molecule has 1 aromatic carbocycles. The van der Waals surface area contributed by atoms with Crippen molar-refractivity contribution in [3.8, 4) is 11.5 Å². The summed E-state index contributed by atoms with van der Waals surface area (Å²) in [7, 11) is 1.72. The summed E-state index contributed by atoms with van der Waals surface area (Å²) in [6.07, 6.45) is 15.4. The van der Waals surface area contributed by atoms with Crippen molar-refractivity contribution in [1.29, 1.82) is 0 Å². The molecule has 4 nitrogen and oxygen atoms in total. The summed E-state index contributed by atoms with van der Waals surface area (Å²) in [4.78, 5) is 2.65. The van der Waals surface area contributed by atoms with Gasteiger partial charge in [-0.2, -0.15) is 0 Å². The van der Waals surface area contributed by atoms with Crippen LogP contribution in [0.2, 0.25) is 0 Å². The lowest BCUT2D eigenvalue weighted by Crippen LogP contribution is -2.43. The first-order valence-electron chi connectivity index (χ1n) is 11.7. The van der Waals surface area contributed by atoms with Crippen LogP contribution in [0.3, 0.4) is 0 Å². The fourth-order valence-electron chi connectivity index (χ4n) is 6.26. The maximum absolute atomic E-state index is 10.2. The highest BCUT2D eigenvalue weighted by Gasteiger charge is 2.52. The molecule has 5 rings (SSSR count). The topological polar surface area (TPSA) is 41.9 Å². The standard InChI is InChI=1S/C25H35NO3/c1-28-21-10-9-19-17-26(14-5-8-18-6-3-2-4-7-18)15-13-25-12-11-20(27)16-22(25)29-24(21)23(19)25/h9-12,18,20,22,27H,2-8,13-17H2,1H3. The SMILES string of the molecule is COc1ccc2c3c1OC1CC(O)C=CC31CCN(CCCC1CCCCC1)C2. The van der Waals surface area contributed by atoms with E-state index >= 15 is 0 Å². The summed E-state index contributed by atoms with van der Waals surface area (Å²) in [5.74, 6) is 2.70. The number of aliphatic hydroxyl groups excluding tert-OH is 1. The van der Waals surface area contributed by atoms with E-state index in [0.717, 1.165) is 36.9 Å². The van der Waals surface area contributed by atoms with E-state index in [1.54, 1.807) is 7.11 Å². The predicted octanol–water partition coefficient (Wildman–Crippen LogP) is 4.58. The molecule has 0 amide bonds. The second-order valence-electron chi connectivity index (χ2n) is 9.61. The summed E-state index contributed by atoms with van der Waals surface area (Å²) in [6, 6.07) is 4.30. The van der Waals surface area contributed by atoms with Crippen molar-refractivity contribution >= 4 is 0 Å². The Morgan fingerprint density at radius 3 is 2.93 bits per heavy atom. The highest BCUT2D eigenvalue weighted by atomic mass is 16.5. The van der Waals surface area contributed by atoms with Crippen LogP contribution in [-0.4, -0.2) is 42.4 Å². The minimum Gasteiger partial charge on any atom is -0.493 e. The first-order chi connectivity index (χ1) is 14.2. The monoisotopic (exact) mass is 397 g/mol. The number of hydrogen-bond donors (Lipinski definition) is 1. The van der Waals surface area contributed by atoms with E-state index < -0.39 is 6.10 Å². The summed E-state index contributed by atoms with van der Waals surface area (Å²) in [6.45, 7) is 3.26. The second kappa shape index (κ2) is 7.96. The van der Waals surface area contributed by atoms with Gasteiger partial charge in [-0.05, 0) is 49.9 Å². The lowest BCUT2D eigenvalue weighted by molar-refractivity contribution is 0.0808. The van der Waals surface area contributed by atoms with E-state index in [-0.39, 0.29) is 11.5 Å². The zero-order chi connectivity index (χ0) is 19.8. The number of ether oxygens (including phenoxy) is 2. The number of methoxy groups -OCH3 is 1. The van der Waals surface area contributed by atoms with Gasteiger partial charge in [-0.3, -0.25) is 4.90 Å². The van der Waals surface area contributed by atoms with Crippen LogP contribution in [0.15, 0.2) is 24.3 Å². The Morgan fingerprint density at radius 1 is 1.24 bits per heavy atom. The van der Waals surface area contributed by atoms with E-state index in [4.69, 9.17) is 9.47 Å². The molecule has 4 heteroatoms. The van der Waals surface area contributed by atoms with Gasteiger partial charge in [0, 0.05) is 18.5 Å². The average molecular weight is 398 g/mol. The van der Waals surface area contributed by atoms with Crippen LogP contribution in [0.25, 0.3) is 0 Å². The van der Waals surface area contributed by atoms with Crippen molar-refractivity contribution in [3.05, 3.63) is 35.4 Å². The van der Waals surface area contributed by atoms with Gasteiger partial charge >= 0.3 is 0 Å². The van der Waals surface area contributed by atoms with E-state index in [2.05, 4.69) is 23.1 Å². The van der Waals surface area contributed by atoms with Crippen molar-refractivity contribution in [2.24, 2.45) is 5.92 Å². The minimum atomic E-state index is -0.413. The van der Waals surface area contributed by atoms with Crippen molar-refractivity contribution in [1.82, 2.24) is 4.90 Å². The molecule has 4 aliphatic rings. The number of benzene rings is 1. The largest absolute Gasteiger partial charge is 0.493 e. The van der Waals surface area contributed by atoms with Crippen LogP contribution in [0, 0.1) is 5.92 Å². The number of rotatable bonds is 5. The average Bonchev–Trinajstić information content (AvgIpc) is 2.98. The van der Waals surface area contributed by atoms with Crippen molar-refractivity contribution in [3.63, 3.8) is 0 Å². The zero-order valence-corrected chi connectivity index (χ0v) is 17.7. The molecule has 2 heterocycles. The first-order valence-corrected chi connectivity index (χ1v) is 11.7. The molecular formula is C25H35NO3. The third kappa shape index (κ3) is 3.48. The molecule has 1 N–H and O–H groups in total. The molecule has 158 valence electrons. The van der Waals surface area contributed by atoms with E-state index in [0.29, 0.717) is 6.42 Å². The van der Waals surface area contributed by atoms with Gasteiger partial charge in [0.2, 0.25) is 0 Å². The van der Waals surface area contributed by atoms with Gasteiger partial charge in [-0.15, -0.1) is 0 Å². The molecule has 3 unspecified atom stereocenters. The Kier molecular flexibility index (Phi) is 5.34. The number of hydrogen-bond acceptors (Lipinski definition) is 4. The highest BCUT2D eigenvalue weighted by molar-refractivity contribution is 5.60. The minimum absolute atomic E-state index is 0.00902. The fraction of sp³-hybridized carbons (Fsp3) is 0.680. The van der Waals surface area contributed by atoms with Crippen molar-refractivity contribution < 1.29 is 14.6 Å².